The molecule has 1 aliphatic carbocycles. The van der Waals surface area contributed by atoms with E-state index in [9.17, 15) is 0 Å². The van der Waals surface area contributed by atoms with Gasteiger partial charge in [0.25, 0.3) is 0 Å². The molecule has 1 aliphatic heterocycles. The number of nitrogens with one attached hydrogen (secondary N) is 2. The summed E-state index contributed by atoms with van der Waals surface area (Å²) in [7, 11) is 2.12. The van der Waals surface area contributed by atoms with Crippen LogP contribution < -0.4 is 10.6 Å². The van der Waals surface area contributed by atoms with Crippen molar-refractivity contribution in [2.75, 3.05) is 13.6 Å². The molecule has 0 bridgehead atoms. The molecular weight excluding hydrogens is 160 g/mol. The van der Waals surface area contributed by atoms with E-state index in [2.05, 4.69) is 17.7 Å². The molecule has 0 aromatic heterocycles. The molecule has 76 valence electrons. The van der Waals surface area contributed by atoms with E-state index in [0.717, 1.165) is 18.0 Å². The van der Waals surface area contributed by atoms with Gasteiger partial charge in [-0.15, -0.1) is 0 Å². The molecule has 2 heteroatoms. The van der Waals surface area contributed by atoms with E-state index in [4.69, 9.17) is 0 Å². The lowest BCUT2D eigenvalue weighted by Gasteiger charge is -2.32. The van der Waals surface area contributed by atoms with Gasteiger partial charge in [0.2, 0.25) is 0 Å². The van der Waals surface area contributed by atoms with Crippen molar-refractivity contribution in [3.63, 3.8) is 0 Å². The summed E-state index contributed by atoms with van der Waals surface area (Å²) in [5, 5.41) is 7.16. The van der Waals surface area contributed by atoms with Crippen molar-refractivity contribution in [1.82, 2.24) is 10.6 Å². The fourth-order valence-electron chi connectivity index (χ4n) is 3.07. The van der Waals surface area contributed by atoms with Crippen LogP contribution in [0.3, 0.4) is 0 Å². The monoisotopic (exact) mass is 182 g/mol. The zero-order chi connectivity index (χ0) is 9.10. The average Bonchev–Trinajstić information content (AvgIpc) is 2.67. The summed E-state index contributed by atoms with van der Waals surface area (Å²) in [4.78, 5) is 0. The first-order chi connectivity index (χ1) is 6.42. The Balaban J connectivity index is 1.90. The molecule has 3 atom stereocenters. The molecule has 0 amide bonds. The Morgan fingerprint density at radius 1 is 1.08 bits per heavy atom. The van der Waals surface area contributed by atoms with Gasteiger partial charge in [-0.2, -0.15) is 0 Å². The molecule has 1 saturated heterocycles. The standard InChI is InChI=1S/C11H22N2/c1-12-10-7-4-5-9(10)11-6-2-3-8-13-11/h9-13H,2-8H2,1H3. The normalized spacial score (nSPS) is 40.8. The molecule has 1 heterocycles. The smallest absolute Gasteiger partial charge is 0.0110 e. The highest BCUT2D eigenvalue weighted by Gasteiger charge is 2.32. The van der Waals surface area contributed by atoms with Crippen molar-refractivity contribution in [1.29, 1.82) is 0 Å². The summed E-state index contributed by atoms with van der Waals surface area (Å²) < 4.78 is 0. The number of piperidine rings is 1. The van der Waals surface area contributed by atoms with Crippen LogP contribution in [0.4, 0.5) is 0 Å². The van der Waals surface area contributed by atoms with Crippen molar-refractivity contribution in [2.45, 2.75) is 50.6 Å². The molecular formula is C11H22N2. The lowest BCUT2D eigenvalue weighted by Crippen LogP contribution is -2.45. The van der Waals surface area contributed by atoms with Crippen LogP contribution in [0, 0.1) is 5.92 Å². The summed E-state index contributed by atoms with van der Waals surface area (Å²) in [6, 6.07) is 1.60. The summed E-state index contributed by atoms with van der Waals surface area (Å²) in [5.74, 6) is 0.908. The van der Waals surface area contributed by atoms with Crippen LogP contribution in [0.5, 0.6) is 0 Å². The molecule has 0 aromatic carbocycles. The Morgan fingerprint density at radius 3 is 2.69 bits per heavy atom. The van der Waals surface area contributed by atoms with Gasteiger partial charge in [0, 0.05) is 12.1 Å². The van der Waals surface area contributed by atoms with Crippen LogP contribution in [0.2, 0.25) is 0 Å². The number of rotatable bonds is 2. The van der Waals surface area contributed by atoms with E-state index in [1.54, 1.807) is 0 Å². The van der Waals surface area contributed by atoms with Crippen molar-refractivity contribution >= 4 is 0 Å². The van der Waals surface area contributed by atoms with Crippen LogP contribution in [-0.2, 0) is 0 Å². The minimum absolute atomic E-state index is 0.788. The molecule has 3 unspecified atom stereocenters. The first kappa shape index (κ1) is 9.47. The van der Waals surface area contributed by atoms with Gasteiger partial charge in [0.05, 0.1) is 0 Å². The van der Waals surface area contributed by atoms with Crippen molar-refractivity contribution in [3.8, 4) is 0 Å². The average molecular weight is 182 g/mol. The Labute approximate surface area is 81.5 Å². The molecule has 2 nitrogen and oxygen atoms in total. The van der Waals surface area contributed by atoms with Gasteiger partial charge in [-0.25, -0.2) is 0 Å². The molecule has 13 heavy (non-hydrogen) atoms. The molecule has 2 fully saturated rings. The molecule has 2 aliphatic rings. The molecule has 1 saturated carbocycles. The highest BCUT2D eigenvalue weighted by molar-refractivity contribution is 4.91. The van der Waals surface area contributed by atoms with Crippen LogP contribution in [0.15, 0.2) is 0 Å². The largest absolute Gasteiger partial charge is 0.317 e. The highest BCUT2D eigenvalue weighted by atomic mass is 15.0. The second kappa shape index (κ2) is 4.43. The van der Waals surface area contributed by atoms with Crippen molar-refractivity contribution < 1.29 is 0 Å². The van der Waals surface area contributed by atoms with E-state index in [0.29, 0.717) is 0 Å². The van der Waals surface area contributed by atoms with Gasteiger partial charge >= 0.3 is 0 Å². The molecule has 0 aromatic rings. The van der Waals surface area contributed by atoms with E-state index in [-0.39, 0.29) is 0 Å². The second-order valence-electron chi connectivity index (χ2n) is 4.55. The summed E-state index contributed by atoms with van der Waals surface area (Å²) in [5.41, 5.74) is 0. The zero-order valence-corrected chi connectivity index (χ0v) is 8.68. The Hall–Kier alpha value is -0.0800. The lowest BCUT2D eigenvalue weighted by molar-refractivity contribution is 0.264. The van der Waals surface area contributed by atoms with Gasteiger partial charge in [-0.3, -0.25) is 0 Å². The third-order valence-corrected chi connectivity index (χ3v) is 3.81. The number of hydrogen-bond acceptors (Lipinski definition) is 2. The fourth-order valence-corrected chi connectivity index (χ4v) is 3.07. The predicted octanol–water partition coefficient (Wildman–Crippen LogP) is 1.52. The second-order valence-corrected chi connectivity index (χ2v) is 4.55. The predicted molar refractivity (Wildman–Crippen MR) is 55.8 cm³/mol. The van der Waals surface area contributed by atoms with E-state index in [1.165, 1.54) is 45.1 Å². The molecule has 0 radical (unpaired) electrons. The van der Waals surface area contributed by atoms with Gasteiger partial charge in [-0.05, 0) is 45.2 Å². The lowest BCUT2D eigenvalue weighted by atomic mass is 9.88. The maximum Gasteiger partial charge on any atom is 0.0110 e. The first-order valence-electron chi connectivity index (χ1n) is 5.82. The van der Waals surface area contributed by atoms with E-state index >= 15 is 0 Å². The third-order valence-electron chi connectivity index (χ3n) is 3.81. The fraction of sp³-hybridized carbons (Fsp3) is 1.00. The first-order valence-corrected chi connectivity index (χ1v) is 5.82. The SMILES string of the molecule is CNC1CCCC1C1CCCCN1. The van der Waals surface area contributed by atoms with Crippen LogP contribution in [-0.4, -0.2) is 25.7 Å². The van der Waals surface area contributed by atoms with Gasteiger partial charge in [0.15, 0.2) is 0 Å². The number of hydrogen-bond donors (Lipinski definition) is 2. The highest BCUT2D eigenvalue weighted by Crippen LogP contribution is 2.31. The Morgan fingerprint density at radius 2 is 2.00 bits per heavy atom. The summed E-state index contributed by atoms with van der Waals surface area (Å²) >= 11 is 0. The Kier molecular flexibility index (Phi) is 3.23. The zero-order valence-electron chi connectivity index (χ0n) is 8.68. The van der Waals surface area contributed by atoms with Crippen LogP contribution in [0.25, 0.3) is 0 Å². The maximum atomic E-state index is 3.69. The van der Waals surface area contributed by atoms with Crippen LogP contribution >= 0.6 is 0 Å². The van der Waals surface area contributed by atoms with Gasteiger partial charge in [0.1, 0.15) is 0 Å². The van der Waals surface area contributed by atoms with E-state index in [1.807, 2.05) is 0 Å². The van der Waals surface area contributed by atoms with Crippen molar-refractivity contribution in [3.05, 3.63) is 0 Å². The minimum atomic E-state index is 0.788. The quantitative estimate of drug-likeness (QED) is 0.676. The van der Waals surface area contributed by atoms with Crippen molar-refractivity contribution in [2.24, 2.45) is 5.92 Å². The van der Waals surface area contributed by atoms with Gasteiger partial charge in [-0.1, -0.05) is 12.8 Å². The molecule has 2 N–H and O–H groups in total. The third kappa shape index (κ3) is 2.05. The van der Waals surface area contributed by atoms with Crippen LogP contribution in [0.1, 0.15) is 38.5 Å². The minimum Gasteiger partial charge on any atom is -0.317 e. The molecule has 0 spiro atoms. The molecule has 2 rings (SSSR count). The Bertz CT molecular complexity index is 152. The summed E-state index contributed by atoms with van der Waals surface area (Å²) in [6.07, 6.45) is 8.47. The van der Waals surface area contributed by atoms with E-state index < -0.39 is 0 Å². The van der Waals surface area contributed by atoms with Gasteiger partial charge < -0.3 is 10.6 Å². The summed E-state index contributed by atoms with van der Waals surface area (Å²) in [6.45, 7) is 1.25. The maximum absolute atomic E-state index is 3.69. The topological polar surface area (TPSA) is 24.1 Å².